The number of rotatable bonds is 8. The van der Waals surface area contributed by atoms with Crippen LogP contribution in [0.3, 0.4) is 0 Å². The molecular formula is C65H47N. The van der Waals surface area contributed by atoms with E-state index in [0.717, 1.165) is 31.4 Å². The standard InChI is InChI=1S/C65H47N/c1-5-20-44(21-6-1)58-43-59(63(47-24-9-3-10-25-47)64(48-26-11-4-12-27-48)62(58)46-22-7-2-8-23-46)45-37-39-49(40-38-45)60-54-32-13-15-34-56(54)61(57-35-16-14-33-55(57)60)52-30-17-29-51(42-52)53-36-18-28-50-31-19-41-66-65(50)53/h2-5,7-17,19-27,29-43H,1,6,18,28H2. The molecular weight excluding hydrogens is 795 g/mol. The Labute approximate surface area is 387 Å². The summed E-state index contributed by atoms with van der Waals surface area (Å²) in [6.07, 6.45) is 15.5. The molecule has 1 heterocycles. The molecule has 2 aliphatic carbocycles. The van der Waals surface area contributed by atoms with Gasteiger partial charge in [-0.2, -0.15) is 0 Å². The third-order valence-electron chi connectivity index (χ3n) is 13.6. The molecule has 1 heteroatoms. The van der Waals surface area contributed by atoms with Crippen molar-refractivity contribution in [2.45, 2.75) is 25.7 Å². The van der Waals surface area contributed by atoms with Crippen molar-refractivity contribution < 1.29 is 0 Å². The van der Waals surface area contributed by atoms with E-state index in [1.165, 1.54) is 116 Å². The Kier molecular flexibility index (Phi) is 10.2. The van der Waals surface area contributed by atoms with E-state index >= 15 is 0 Å². The zero-order valence-electron chi connectivity index (χ0n) is 36.8. The summed E-state index contributed by atoms with van der Waals surface area (Å²) in [6, 6.07) is 76.2. The fourth-order valence-corrected chi connectivity index (χ4v) is 10.7. The molecule has 66 heavy (non-hydrogen) atoms. The molecule has 0 amide bonds. The lowest BCUT2D eigenvalue weighted by Crippen LogP contribution is -2.03. The van der Waals surface area contributed by atoms with E-state index < -0.39 is 0 Å². The second kappa shape index (κ2) is 17.1. The van der Waals surface area contributed by atoms with Gasteiger partial charge in [-0.3, -0.25) is 4.98 Å². The van der Waals surface area contributed by atoms with Gasteiger partial charge in [0.25, 0.3) is 0 Å². The van der Waals surface area contributed by atoms with Gasteiger partial charge < -0.3 is 0 Å². The Morgan fingerprint density at radius 2 is 0.848 bits per heavy atom. The summed E-state index contributed by atoms with van der Waals surface area (Å²) in [4.78, 5) is 4.86. The molecule has 0 radical (unpaired) electrons. The summed E-state index contributed by atoms with van der Waals surface area (Å²) in [6.45, 7) is 0. The Bertz CT molecular complexity index is 3480. The van der Waals surface area contributed by atoms with Gasteiger partial charge in [0, 0.05) is 11.8 Å². The number of aryl methyl sites for hydroxylation is 1. The molecule has 2 aliphatic rings. The first-order valence-corrected chi connectivity index (χ1v) is 23.3. The fraction of sp³-hybridized carbons (Fsp3) is 0.0615. The monoisotopic (exact) mass is 841 g/mol. The maximum Gasteiger partial charge on any atom is 0.0736 e. The van der Waals surface area contributed by atoms with Gasteiger partial charge in [-0.05, 0) is 154 Å². The number of hydrogen-bond donors (Lipinski definition) is 0. The smallest absolute Gasteiger partial charge is 0.0736 e. The molecule has 0 N–H and O–H groups in total. The molecule has 0 spiro atoms. The van der Waals surface area contributed by atoms with Crippen molar-refractivity contribution in [1.29, 1.82) is 0 Å². The SMILES string of the molecule is C1=CC(c2cc(-c3ccc(-c4c5ccccc5c(-c5cccc(C6=CCCc7cccnc76)c5)c5ccccc45)cc3)c(-c3ccccc3)c(-c3ccccc3)c2-c2ccccc2)=CCC1. The van der Waals surface area contributed by atoms with E-state index in [4.69, 9.17) is 4.98 Å². The Balaban J connectivity index is 1.06. The van der Waals surface area contributed by atoms with Crippen LogP contribution in [0.5, 0.6) is 0 Å². The first kappa shape index (κ1) is 39.5. The second-order valence-electron chi connectivity index (χ2n) is 17.5. The van der Waals surface area contributed by atoms with Gasteiger partial charge in [0.15, 0.2) is 0 Å². The van der Waals surface area contributed by atoms with E-state index in [1.807, 2.05) is 6.20 Å². The average molecular weight is 842 g/mol. The number of hydrogen-bond acceptors (Lipinski definition) is 1. The van der Waals surface area contributed by atoms with Crippen LogP contribution in [0, 0.1) is 0 Å². The van der Waals surface area contributed by atoms with Gasteiger partial charge in [-0.25, -0.2) is 0 Å². The zero-order valence-corrected chi connectivity index (χ0v) is 36.8. The number of pyridine rings is 1. The highest BCUT2D eigenvalue weighted by atomic mass is 14.7. The molecule has 312 valence electrons. The Morgan fingerprint density at radius 3 is 1.45 bits per heavy atom. The van der Waals surface area contributed by atoms with Crippen molar-refractivity contribution >= 4 is 32.7 Å². The topological polar surface area (TPSA) is 12.9 Å². The third kappa shape index (κ3) is 7.01. The minimum Gasteiger partial charge on any atom is -0.256 e. The summed E-state index contributed by atoms with van der Waals surface area (Å²) in [5, 5.41) is 4.99. The van der Waals surface area contributed by atoms with Crippen LogP contribution in [0.2, 0.25) is 0 Å². The Morgan fingerprint density at radius 1 is 0.333 bits per heavy atom. The zero-order chi connectivity index (χ0) is 43.8. The van der Waals surface area contributed by atoms with E-state index in [9.17, 15) is 0 Å². The Hall–Kier alpha value is -8.13. The quantitative estimate of drug-likeness (QED) is 0.139. The van der Waals surface area contributed by atoms with Crippen molar-refractivity contribution in [3.8, 4) is 66.8 Å². The molecule has 0 saturated heterocycles. The lowest BCUT2D eigenvalue weighted by Gasteiger charge is -2.25. The van der Waals surface area contributed by atoms with Gasteiger partial charge in [0.05, 0.1) is 5.69 Å². The van der Waals surface area contributed by atoms with Crippen LogP contribution in [0.4, 0.5) is 0 Å². The lowest BCUT2D eigenvalue weighted by atomic mass is 9.78. The lowest BCUT2D eigenvalue weighted by molar-refractivity contribution is 0.955. The molecule has 0 fully saturated rings. The van der Waals surface area contributed by atoms with Gasteiger partial charge in [0.1, 0.15) is 0 Å². The van der Waals surface area contributed by atoms with Gasteiger partial charge in [-0.1, -0.05) is 212 Å². The van der Waals surface area contributed by atoms with Crippen LogP contribution in [0.1, 0.15) is 41.6 Å². The molecule has 0 aliphatic heterocycles. The molecule has 0 unspecified atom stereocenters. The summed E-state index contributed by atoms with van der Waals surface area (Å²) in [5.41, 5.74) is 22.1. The minimum atomic E-state index is 1.02. The van der Waals surface area contributed by atoms with Crippen molar-refractivity contribution in [3.05, 3.63) is 259 Å². The maximum atomic E-state index is 4.86. The number of aromatic nitrogens is 1. The molecule has 1 aromatic heterocycles. The van der Waals surface area contributed by atoms with Gasteiger partial charge in [0.2, 0.25) is 0 Å². The summed E-state index contributed by atoms with van der Waals surface area (Å²) >= 11 is 0. The van der Waals surface area contributed by atoms with Crippen LogP contribution >= 0.6 is 0 Å². The van der Waals surface area contributed by atoms with Crippen molar-refractivity contribution in [3.63, 3.8) is 0 Å². The average Bonchev–Trinajstić information content (AvgIpc) is 3.40. The van der Waals surface area contributed by atoms with E-state index in [0.29, 0.717) is 0 Å². The number of allylic oxidation sites excluding steroid dienone is 5. The number of nitrogens with zero attached hydrogens (tertiary/aromatic N) is 1. The first-order valence-electron chi connectivity index (χ1n) is 23.3. The fourth-order valence-electron chi connectivity index (χ4n) is 10.7. The van der Waals surface area contributed by atoms with Crippen LogP contribution in [0.25, 0.3) is 99.5 Å². The molecule has 1 nitrogen and oxygen atoms in total. The van der Waals surface area contributed by atoms with Gasteiger partial charge in [-0.15, -0.1) is 0 Å². The largest absolute Gasteiger partial charge is 0.256 e. The highest BCUT2D eigenvalue weighted by molar-refractivity contribution is 6.21. The molecule has 0 atom stereocenters. The number of fused-ring (bicyclic) bond motifs is 3. The third-order valence-corrected chi connectivity index (χ3v) is 13.6. The van der Waals surface area contributed by atoms with Crippen molar-refractivity contribution in [1.82, 2.24) is 4.98 Å². The molecule has 0 bridgehead atoms. The van der Waals surface area contributed by atoms with Crippen LogP contribution in [-0.4, -0.2) is 4.98 Å². The van der Waals surface area contributed by atoms with E-state index in [1.54, 1.807) is 0 Å². The predicted molar refractivity (Wildman–Crippen MR) is 280 cm³/mol. The number of benzene rings is 9. The summed E-state index contributed by atoms with van der Waals surface area (Å²) in [7, 11) is 0. The summed E-state index contributed by atoms with van der Waals surface area (Å²) < 4.78 is 0. The maximum absolute atomic E-state index is 4.86. The molecule has 9 aromatic carbocycles. The highest BCUT2D eigenvalue weighted by Crippen LogP contribution is 2.51. The van der Waals surface area contributed by atoms with Crippen molar-refractivity contribution in [2.75, 3.05) is 0 Å². The van der Waals surface area contributed by atoms with Crippen molar-refractivity contribution in [2.24, 2.45) is 0 Å². The van der Waals surface area contributed by atoms with E-state index in [2.05, 4.69) is 231 Å². The van der Waals surface area contributed by atoms with E-state index in [-0.39, 0.29) is 0 Å². The second-order valence-corrected chi connectivity index (χ2v) is 17.5. The molecule has 12 rings (SSSR count). The highest BCUT2D eigenvalue weighted by Gasteiger charge is 2.25. The predicted octanol–water partition coefficient (Wildman–Crippen LogP) is 17.5. The normalized spacial score (nSPS) is 13.3. The van der Waals surface area contributed by atoms with Crippen LogP contribution < -0.4 is 0 Å². The van der Waals surface area contributed by atoms with Crippen LogP contribution in [0.15, 0.2) is 237 Å². The van der Waals surface area contributed by atoms with Crippen LogP contribution in [-0.2, 0) is 6.42 Å². The van der Waals surface area contributed by atoms with Gasteiger partial charge >= 0.3 is 0 Å². The first-order chi connectivity index (χ1) is 32.8. The molecule has 10 aromatic rings. The minimum absolute atomic E-state index is 1.02. The summed E-state index contributed by atoms with van der Waals surface area (Å²) in [5.74, 6) is 0. The molecule has 0 saturated carbocycles.